The number of allylic oxidation sites excluding steroid dienone is 4. The number of rotatable bonds is 4. The maximum atomic E-state index is 16.0. The quantitative estimate of drug-likeness (QED) is 0.164. The van der Waals surface area contributed by atoms with E-state index in [1.807, 2.05) is 0 Å². The zero-order valence-corrected chi connectivity index (χ0v) is 45.4. The Balaban J connectivity index is 0.861. The summed E-state index contributed by atoms with van der Waals surface area (Å²) in [7, 11) is 4.45. The zero-order valence-electron chi connectivity index (χ0n) is 45.4. The molecule has 0 radical (unpaired) electrons. The van der Waals surface area contributed by atoms with Gasteiger partial charge in [-0.2, -0.15) is 0 Å². The summed E-state index contributed by atoms with van der Waals surface area (Å²) in [6.07, 6.45) is 18.2. The van der Waals surface area contributed by atoms with Crippen LogP contribution in [0, 0.1) is 0 Å². The summed E-state index contributed by atoms with van der Waals surface area (Å²) in [5.74, 6) is 0.0118. The van der Waals surface area contributed by atoms with E-state index in [9.17, 15) is 0 Å². The third-order valence-electron chi connectivity index (χ3n) is 19.9. The number of para-hydroxylation sites is 4. The van der Waals surface area contributed by atoms with Crippen LogP contribution in [0.4, 0.5) is 34.1 Å². The maximum Gasteiger partial charge on any atom is 0.193 e. The Morgan fingerprint density at radius 2 is 0.598 bits per heavy atom. The first kappa shape index (κ1) is 45.8. The fourth-order valence-corrected chi connectivity index (χ4v) is 16.6. The predicted octanol–water partition coefficient (Wildman–Crippen LogP) is 16.5. The van der Waals surface area contributed by atoms with Crippen LogP contribution < -0.4 is 19.6 Å². The number of nitrogens with zero attached hydrogens (tertiary/aromatic N) is 4. The Kier molecular flexibility index (Phi) is 9.26. The van der Waals surface area contributed by atoms with Crippen LogP contribution in [0.3, 0.4) is 0 Å². The van der Waals surface area contributed by atoms with Gasteiger partial charge in [0.05, 0.1) is 57.7 Å². The van der Waals surface area contributed by atoms with E-state index >= 15 is 4.79 Å². The smallest absolute Gasteiger partial charge is 0.193 e. The molecule has 10 aromatic carbocycles. The van der Waals surface area contributed by atoms with Crippen molar-refractivity contribution in [2.45, 2.75) is 35.0 Å². The van der Waals surface area contributed by atoms with Gasteiger partial charge in [-0.1, -0.05) is 206 Å². The Labute approximate surface area is 478 Å². The van der Waals surface area contributed by atoms with E-state index in [0.29, 0.717) is 11.1 Å². The average molecular weight is 1050 g/mol. The van der Waals surface area contributed by atoms with Crippen molar-refractivity contribution < 1.29 is 4.79 Å². The summed E-state index contributed by atoms with van der Waals surface area (Å²) in [5, 5.41) is 0. The normalized spacial score (nSPS) is 21.2. The topological polar surface area (TPSA) is 30.0 Å². The highest BCUT2D eigenvalue weighted by Crippen LogP contribution is 2.66. The molecule has 0 bridgehead atoms. The molecule has 2 spiro atoms. The molecule has 0 saturated heterocycles. The highest BCUT2D eigenvalue weighted by Gasteiger charge is 2.55. The van der Waals surface area contributed by atoms with Crippen molar-refractivity contribution in [2.75, 3.05) is 33.7 Å². The molecule has 5 nitrogen and oxygen atoms in total. The summed E-state index contributed by atoms with van der Waals surface area (Å²) >= 11 is 0. The first-order valence-corrected chi connectivity index (χ1v) is 28.9. The number of ketones is 1. The molecule has 0 fully saturated rings. The molecular formula is C77H54N4O. The van der Waals surface area contributed by atoms with Gasteiger partial charge >= 0.3 is 0 Å². The van der Waals surface area contributed by atoms with E-state index in [4.69, 9.17) is 0 Å². The molecule has 6 aliphatic carbocycles. The Morgan fingerprint density at radius 3 is 0.988 bits per heavy atom. The highest BCUT2D eigenvalue weighted by atomic mass is 16.1. The molecule has 18 rings (SSSR count). The third-order valence-corrected chi connectivity index (χ3v) is 19.9. The molecule has 0 aromatic heterocycles. The van der Waals surface area contributed by atoms with Gasteiger partial charge in [0, 0.05) is 36.6 Å². The van der Waals surface area contributed by atoms with Gasteiger partial charge in [-0.05, 0) is 150 Å². The third kappa shape index (κ3) is 5.70. The second-order valence-electron chi connectivity index (χ2n) is 23.4. The van der Waals surface area contributed by atoms with Crippen LogP contribution in [0.25, 0.3) is 44.5 Å². The van der Waals surface area contributed by atoms with Gasteiger partial charge in [0.25, 0.3) is 0 Å². The summed E-state index contributed by atoms with van der Waals surface area (Å²) in [4.78, 5) is 26.0. The van der Waals surface area contributed by atoms with Crippen LogP contribution in [0.15, 0.2) is 267 Å². The molecule has 0 saturated carbocycles. The molecule has 2 aliphatic heterocycles. The number of carbonyl (C=O) groups excluding carboxylic acids is 1. The van der Waals surface area contributed by atoms with E-state index in [-0.39, 0.29) is 30.0 Å². The number of likely N-dealkylation sites (N-methyl/N-ethyl adjacent to an activating group) is 2. The SMILES string of the molecule is CN1c2ccccc2N(c2ccc3c(c2)C2(c4ccccc4-c4ccc(C(=O)c5ccc6c(c5)C5(c7ccccc7-c7ccccc75)c5ccccc5-6)cc42)c2cc(N4c5ccccc5N(C)C5C=CC=CC54)ccc2-3)C2C=CC=CC21. The second kappa shape index (κ2) is 16.6. The second-order valence-corrected chi connectivity index (χ2v) is 23.4. The number of hydrogen-bond acceptors (Lipinski definition) is 5. The van der Waals surface area contributed by atoms with Crippen molar-refractivity contribution in [3.63, 3.8) is 0 Å². The first-order chi connectivity index (χ1) is 40.4. The van der Waals surface area contributed by atoms with E-state index in [2.05, 4.69) is 301 Å². The number of fused-ring (bicyclic) bond motifs is 24. The average Bonchev–Trinajstić information content (AvgIpc) is 1.64. The molecule has 82 heavy (non-hydrogen) atoms. The summed E-state index contributed by atoms with van der Waals surface area (Å²) < 4.78 is 0. The van der Waals surface area contributed by atoms with Crippen molar-refractivity contribution in [1.29, 1.82) is 0 Å². The fraction of sp³-hybridized carbons (Fsp3) is 0.104. The van der Waals surface area contributed by atoms with Gasteiger partial charge in [0.15, 0.2) is 5.78 Å². The Bertz CT molecular complexity index is 4410. The number of anilines is 6. The standard InChI is InChI=1S/C77H54N4O/c1-78-67-27-11-15-31-71(67)80(72-32-16-12-28-68(72)78)49-37-41-57-58-42-38-50(81-73-33-17-13-29-69(73)79(2)70-30-14-18-34-74(70)81)46-66(58)77(65(57)45-49)62-26-10-6-22-54(62)56-40-36-48(44-64(56)77)75(82)47-35-39-55-53-21-5-9-25-61(53)76(63(55)43-47)59-23-7-3-19-51(59)52-20-4-8-24-60(52)76/h3-46,67,69,71,73H,1-2H3. The lowest BCUT2D eigenvalue weighted by Gasteiger charge is -2.48. The van der Waals surface area contributed by atoms with E-state index in [0.717, 1.165) is 28.1 Å². The fourth-order valence-electron chi connectivity index (χ4n) is 16.6. The Morgan fingerprint density at radius 1 is 0.305 bits per heavy atom. The lowest BCUT2D eigenvalue weighted by Crippen LogP contribution is -2.52. The minimum atomic E-state index is -0.790. The molecule has 4 atom stereocenters. The summed E-state index contributed by atoms with van der Waals surface area (Å²) in [6, 6.07) is 81.4. The molecule has 2 heterocycles. The molecule has 10 aromatic rings. The van der Waals surface area contributed by atoms with Crippen LogP contribution in [-0.4, -0.2) is 44.0 Å². The monoisotopic (exact) mass is 1050 g/mol. The van der Waals surface area contributed by atoms with Crippen LogP contribution in [0.1, 0.15) is 60.4 Å². The van der Waals surface area contributed by atoms with Gasteiger partial charge in [-0.3, -0.25) is 4.79 Å². The van der Waals surface area contributed by atoms with Crippen LogP contribution in [0.5, 0.6) is 0 Å². The lowest BCUT2D eigenvalue weighted by atomic mass is 9.69. The van der Waals surface area contributed by atoms with E-state index in [1.165, 1.54) is 95.1 Å². The van der Waals surface area contributed by atoms with Crippen LogP contribution in [-0.2, 0) is 10.8 Å². The highest BCUT2D eigenvalue weighted by molar-refractivity contribution is 6.11. The van der Waals surface area contributed by atoms with Crippen molar-refractivity contribution >= 4 is 39.9 Å². The molecular weight excluding hydrogens is 997 g/mol. The predicted molar refractivity (Wildman–Crippen MR) is 335 cm³/mol. The number of carbonyl (C=O) groups is 1. The first-order valence-electron chi connectivity index (χ1n) is 28.9. The van der Waals surface area contributed by atoms with E-state index < -0.39 is 10.8 Å². The maximum absolute atomic E-state index is 16.0. The van der Waals surface area contributed by atoms with Gasteiger partial charge in [-0.25, -0.2) is 0 Å². The van der Waals surface area contributed by atoms with Gasteiger partial charge in [0.2, 0.25) is 0 Å². The summed E-state index contributed by atoms with van der Waals surface area (Å²) in [6.45, 7) is 0. The molecule has 8 aliphatic rings. The van der Waals surface area contributed by atoms with Crippen molar-refractivity contribution in [2.24, 2.45) is 0 Å². The van der Waals surface area contributed by atoms with Crippen LogP contribution in [0.2, 0.25) is 0 Å². The molecule has 4 unspecified atom stereocenters. The zero-order chi connectivity index (χ0) is 54.2. The van der Waals surface area contributed by atoms with Gasteiger partial charge < -0.3 is 19.6 Å². The molecule has 5 heteroatoms. The lowest BCUT2D eigenvalue weighted by molar-refractivity contribution is 0.103. The van der Waals surface area contributed by atoms with Crippen molar-refractivity contribution in [3.05, 3.63) is 323 Å². The number of benzene rings is 10. The van der Waals surface area contributed by atoms with Crippen molar-refractivity contribution in [3.8, 4) is 44.5 Å². The Hall–Kier alpha value is -9.97. The van der Waals surface area contributed by atoms with Crippen molar-refractivity contribution in [1.82, 2.24) is 0 Å². The number of hydrogen-bond donors (Lipinski definition) is 0. The minimum absolute atomic E-state index is 0.0118. The summed E-state index contributed by atoms with van der Waals surface area (Å²) in [5.41, 5.74) is 26.5. The molecule has 0 amide bonds. The van der Waals surface area contributed by atoms with E-state index in [1.54, 1.807) is 0 Å². The molecule has 0 N–H and O–H groups in total. The van der Waals surface area contributed by atoms with Gasteiger partial charge in [0.1, 0.15) is 0 Å². The minimum Gasteiger partial charge on any atom is -0.364 e. The largest absolute Gasteiger partial charge is 0.364 e. The molecule has 388 valence electrons. The van der Waals surface area contributed by atoms with Crippen LogP contribution >= 0.6 is 0 Å². The van der Waals surface area contributed by atoms with Gasteiger partial charge in [-0.15, -0.1) is 0 Å².